The van der Waals surface area contributed by atoms with Crippen LogP contribution >= 0.6 is 0 Å². The molecule has 3 N–H and O–H groups in total. The zero-order valence-electron chi connectivity index (χ0n) is 10.5. The number of aliphatic hydroxyl groups excluding tert-OH is 1. The molecule has 17 heavy (non-hydrogen) atoms. The molecule has 2 rings (SSSR count). The summed E-state index contributed by atoms with van der Waals surface area (Å²) in [7, 11) is 0. The van der Waals surface area contributed by atoms with Crippen LogP contribution in [0.5, 0.6) is 0 Å². The number of hydrogen-bond acceptors (Lipinski definition) is 3. The minimum atomic E-state index is 0.238. The molecular weight excluding hydrogens is 212 g/mol. The predicted molar refractivity (Wildman–Crippen MR) is 69.8 cm³/mol. The summed E-state index contributed by atoms with van der Waals surface area (Å²) in [5.41, 5.74) is 8.45. The third-order valence-electron chi connectivity index (χ3n) is 3.72. The monoisotopic (exact) mass is 234 g/mol. The highest BCUT2D eigenvalue weighted by Crippen LogP contribution is 2.28. The maximum absolute atomic E-state index is 9.39. The minimum Gasteiger partial charge on any atom is -0.395 e. The molecule has 3 heteroatoms. The van der Waals surface area contributed by atoms with Crippen LogP contribution in [0.4, 0.5) is 0 Å². The Morgan fingerprint density at radius 3 is 2.71 bits per heavy atom. The average molecular weight is 234 g/mol. The smallest absolute Gasteiger partial charge is 0.0587 e. The van der Waals surface area contributed by atoms with E-state index < -0.39 is 0 Å². The first-order valence-electron chi connectivity index (χ1n) is 6.39. The van der Waals surface area contributed by atoms with Crippen molar-refractivity contribution in [1.82, 2.24) is 4.90 Å². The largest absolute Gasteiger partial charge is 0.395 e. The molecule has 1 fully saturated rings. The van der Waals surface area contributed by atoms with Gasteiger partial charge in [-0.05, 0) is 31.9 Å². The van der Waals surface area contributed by atoms with Gasteiger partial charge < -0.3 is 10.8 Å². The van der Waals surface area contributed by atoms with Gasteiger partial charge >= 0.3 is 0 Å². The van der Waals surface area contributed by atoms with E-state index in [9.17, 15) is 5.11 Å². The van der Waals surface area contributed by atoms with Gasteiger partial charge in [0, 0.05) is 18.6 Å². The third-order valence-corrected chi connectivity index (χ3v) is 3.72. The standard InChI is InChI=1S/C14H22N2O/c1-11-4-6-12(7-5-11)14(9-15)16-8-2-3-13(16)10-17/h4-7,13-14,17H,2-3,8-10,15H2,1H3. The van der Waals surface area contributed by atoms with Gasteiger partial charge in [-0.1, -0.05) is 29.8 Å². The summed E-state index contributed by atoms with van der Waals surface area (Å²) in [6.45, 7) is 3.98. The van der Waals surface area contributed by atoms with Gasteiger partial charge in [0.1, 0.15) is 0 Å². The molecule has 0 amide bonds. The predicted octanol–water partition coefficient (Wildman–Crippen LogP) is 1.45. The van der Waals surface area contributed by atoms with Crippen LogP contribution < -0.4 is 5.73 Å². The quantitative estimate of drug-likeness (QED) is 0.829. The first-order chi connectivity index (χ1) is 8.26. The van der Waals surface area contributed by atoms with Crippen LogP contribution in [0, 0.1) is 6.92 Å². The highest BCUT2D eigenvalue weighted by atomic mass is 16.3. The fraction of sp³-hybridized carbons (Fsp3) is 0.571. The Bertz CT molecular complexity index is 350. The summed E-state index contributed by atoms with van der Waals surface area (Å²) >= 11 is 0. The Balaban J connectivity index is 2.18. The molecule has 1 saturated heterocycles. The Kier molecular flexibility index (Phi) is 4.15. The van der Waals surface area contributed by atoms with Gasteiger partial charge in [0.05, 0.1) is 6.61 Å². The zero-order chi connectivity index (χ0) is 12.3. The van der Waals surface area contributed by atoms with Crippen molar-refractivity contribution >= 4 is 0 Å². The lowest BCUT2D eigenvalue weighted by Gasteiger charge is -2.31. The van der Waals surface area contributed by atoms with Crippen molar-refractivity contribution in [2.45, 2.75) is 31.8 Å². The molecule has 0 aromatic heterocycles. The van der Waals surface area contributed by atoms with Crippen molar-refractivity contribution in [1.29, 1.82) is 0 Å². The SMILES string of the molecule is Cc1ccc(C(CN)N2CCCC2CO)cc1. The highest BCUT2D eigenvalue weighted by molar-refractivity contribution is 5.24. The number of likely N-dealkylation sites (tertiary alicyclic amines) is 1. The molecule has 0 bridgehead atoms. The topological polar surface area (TPSA) is 49.5 Å². The van der Waals surface area contributed by atoms with E-state index in [0.29, 0.717) is 6.54 Å². The Morgan fingerprint density at radius 1 is 1.41 bits per heavy atom. The molecule has 1 aromatic carbocycles. The van der Waals surface area contributed by atoms with Crippen LogP contribution in [-0.4, -0.2) is 35.7 Å². The zero-order valence-corrected chi connectivity index (χ0v) is 10.5. The number of hydrogen-bond donors (Lipinski definition) is 2. The third kappa shape index (κ3) is 2.68. The fourth-order valence-electron chi connectivity index (χ4n) is 2.72. The van der Waals surface area contributed by atoms with E-state index in [1.54, 1.807) is 0 Å². The van der Waals surface area contributed by atoms with Crippen LogP contribution in [0.15, 0.2) is 24.3 Å². The molecule has 2 unspecified atom stereocenters. The van der Waals surface area contributed by atoms with Crippen LogP contribution in [0.2, 0.25) is 0 Å². The number of nitrogens with zero attached hydrogens (tertiary/aromatic N) is 1. The highest BCUT2D eigenvalue weighted by Gasteiger charge is 2.30. The van der Waals surface area contributed by atoms with Gasteiger partial charge in [0.15, 0.2) is 0 Å². The summed E-state index contributed by atoms with van der Waals surface area (Å²) in [6.07, 6.45) is 2.24. The molecule has 94 valence electrons. The first kappa shape index (κ1) is 12.6. The van der Waals surface area contributed by atoms with E-state index in [2.05, 4.69) is 36.1 Å². The van der Waals surface area contributed by atoms with Gasteiger partial charge in [-0.3, -0.25) is 4.90 Å². The molecule has 1 aliphatic rings. The molecular formula is C14H22N2O. The Morgan fingerprint density at radius 2 is 2.12 bits per heavy atom. The molecule has 0 saturated carbocycles. The van der Waals surface area contributed by atoms with Gasteiger partial charge in [-0.25, -0.2) is 0 Å². The van der Waals surface area contributed by atoms with Crippen molar-refractivity contribution in [2.24, 2.45) is 5.73 Å². The second-order valence-corrected chi connectivity index (χ2v) is 4.88. The molecule has 3 nitrogen and oxygen atoms in total. The van der Waals surface area contributed by atoms with Crippen molar-refractivity contribution in [2.75, 3.05) is 19.7 Å². The van der Waals surface area contributed by atoms with Crippen molar-refractivity contribution < 1.29 is 5.11 Å². The van der Waals surface area contributed by atoms with Crippen LogP contribution in [0.3, 0.4) is 0 Å². The normalized spacial score (nSPS) is 22.9. The maximum Gasteiger partial charge on any atom is 0.0587 e. The Labute approximate surface area is 103 Å². The number of aryl methyl sites for hydroxylation is 1. The minimum absolute atomic E-state index is 0.238. The Hall–Kier alpha value is -0.900. The van der Waals surface area contributed by atoms with E-state index in [0.717, 1.165) is 19.4 Å². The summed E-state index contributed by atoms with van der Waals surface area (Å²) in [6, 6.07) is 9.09. The lowest BCUT2D eigenvalue weighted by Crippen LogP contribution is -2.39. The molecule has 0 aliphatic carbocycles. The van der Waals surface area contributed by atoms with E-state index in [1.165, 1.54) is 11.1 Å². The molecule has 1 aromatic rings. The van der Waals surface area contributed by atoms with E-state index >= 15 is 0 Å². The molecule has 0 radical (unpaired) electrons. The van der Waals surface area contributed by atoms with E-state index in [1.807, 2.05) is 0 Å². The van der Waals surface area contributed by atoms with Crippen molar-refractivity contribution in [3.63, 3.8) is 0 Å². The number of rotatable bonds is 4. The van der Waals surface area contributed by atoms with Crippen molar-refractivity contribution in [3.8, 4) is 0 Å². The summed E-state index contributed by atoms with van der Waals surface area (Å²) in [5, 5.41) is 9.39. The second-order valence-electron chi connectivity index (χ2n) is 4.88. The number of nitrogens with two attached hydrogens (primary N) is 1. The first-order valence-corrected chi connectivity index (χ1v) is 6.39. The van der Waals surface area contributed by atoms with Gasteiger partial charge in [-0.15, -0.1) is 0 Å². The molecule has 0 spiro atoms. The van der Waals surface area contributed by atoms with Crippen LogP contribution in [0.25, 0.3) is 0 Å². The van der Waals surface area contributed by atoms with E-state index in [4.69, 9.17) is 5.73 Å². The lowest BCUT2D eigenvalue weighted by molar-refractivity contribution is 0.121. The van der Waals surface area contributed by atoms with E-state index in [-0.39, 0.29) is 18.7 Å². The molecule has 2 atom stereocenters. The summed E-state index contributed by atoms with van der Waals surface area (Å²) in [5.74, 6) is 0. The summed E-state index contributed by atoms with van der Waals surface area (Å²) < 4.78 is 0. The molecule has 1 heterocycles. The fourth-order valence-corrected chi connectivity index (χ4v) is 2.72. The van der Waals surface area contributed by atoms with Gasteiger partial charge in [0.25, 0.3) is 0 Å². The van der Waals surface area contributed by atoms with Gasteiger partial charge in [0.2, 0.25) is 0 Å². The number of aliphatic hydroxyl groups is 1. The van der Waals surface area contributed by atoms with Gasteiger partial charge in [-0.2, -0.15) is 0 Å². The van der Waals surface area contributed by atoms with Crippen molar-refractivity contribution in [3.05, 3.63) is 35.4 Å². The maximum atomic E-state index is 9.39. The summed E-state index contributed by atoms with van der Waals surface area (Å²) in [4.78, 5) is 2.35. The lowest BCUT2D eigenvalue weighted by atomic mass is 10.0. The number of benzene rings is 1. The van der Waals surface area contributed by atoms with Crippen LogP contribution in [-0.2, 0) is 0 Å². The van der Waals surface area contributed by atoms with Crippen LogP contribution in [0.1, 0.15) is 30.0 Å². The molecule has 1 aliphatic heterocycles. The second kappa shape index (κ2) is 5.63. The average Bonchev–Trinajstić information content (AvgIpc) is 2.81.